The molecule has 5 nitrogen and oxygen atoms in total. The summed E-state index contributed by atoms with van der Waals surface area (Å²) in [5.74, 6) is 2.45. The molecule has 0 amide bonds. The molecule has 0 aromatic carbocycles. The van der Waals surface area contributed by atoms with Crippen LogP contribution in [0.4, 0.5) is 0 Å². The number of aromatic nitrogens is 2. The van der Waals surface area contributed by atoms with E-state index in [4.69, 9.17) is 4.52 Å². The third kappa shape index (κ3) is 3.79. The standard InChI is InChI=1S/C15H26N4O/c1-13-16-15(17-20-13)12-19-8-4-7-18(9-10-19)11-14-5-2-3-6-14/h14H,2-12H2,1H3. The topological polar surface area (TPSA) is 45.4 Å². The summed E-state index contributed by atoms with van der Waals surface area (Å²) in [4.78, 5) is 9.43. The molecule has 0 bridgehead atoms. The monoisotopic (exact) mass is 278 g/mol. The summed E-state index contributed by atoms with van der Waals surface area (Å²) in [6.07, 6.45) is 7.04. The van der Waals surface area contributed by atoms with E-state index in [1.807, 2.05) is 6.92 Å². The Morgan fingerprint density at radius 1 is 1.05 bits per heavy atom. The molecule has 0 unspecified atom stereocenters. The zero-order valence-corrected chi connectivity index (χ0v) is 12.6. The molecule has 0 atom stereocenters. The molecule has 1 aliphatic carbocycles. The predicted octanol–water partition coefficient (Wildman–Crippen LogP) is 2.08. The van der Waals surface area contributed by atoms with Crippen molar-refractivity contribution in [2.24, 2.45) is 5.92 Å². The van der Waals surface area contributed by atoms with Gasteiger partial charge in [0.15, 0.2) is 5.82 Å². The predicted molar refractivity (Wildman–Crippen MR) is 77.3 cm³/mol. The Bertz CT molecular complexity index is 414. The molecule has 1 aliphatic heterocycles. The van der Waals surface area contributed by atoms with Crippen LogP contribution in [0.5, 0.6) is 0 Å². The lowest BCUT2D eigenvalue weighted by molar-refractivity contribution is 0.223. The Kier molecular flexibility index (Phi) is 4.68. The van der Waals surface area contributed by atoms with Gasteiger partial charge in [-0.2, -0.15) is 4.98 Å². The molecule has 20 heavy (non-hydrogen) atoms. The molecule has 1 aromatic heterocycles. The van der Waals surface area contributed by atoms with Crippen LogP contribution in [-0.4, -0.2) is 52.7 Å². The van der Waals surface area contributed by atoms with Crippen LogP contribution >= 0.6 is 0 Å². The minimum absolute atomic E-state index is 0.665. The first-order valence-electron chi connectivity index (χ1n) is 8.03. The van der Waals surface area contributed by atoms with Crippen molar-refractivity contribution in [2.75, 3.05) is 32.7 Å². The average Bonchev–Trinajstić information content (AvgIpc) is 3.01. The van der Waals surface area contributed by atoms with E-state index in [0.717, 1.165) is 31.4 Å². The molecule has 5 heteroatoms. The first-order chi connectivity index (χ1) is 9.79. The minimum atomic E-state index is 0.665. The molecule has 2 fully saturated rings. The normalized spacial score (nSPS) is 23.2. The Morgan fingerprint density at radius 3 is 2.55 bits per heavy atom. The molecule has 0 spiro atoms. The van der Waals surface area contributed by atoms with Gasteiger partial charge in [-0.15, -0.1) is 0 Å². The summed E-state index contributed by atoms with van der Waals surface area (Å²) in [5, 5.41) is 4.00. The number of hydrogen-bond donors (Lipinski definition) is 0. The third-order valence-electron chi connectivity index (χ3n) is 4.61. The maximum absolute atomic E-state index is 5.05. The van der Waals surface area contributed by atoms with E-state index in [0.29, 0.717) is 5.89 Å². The van der Waals surface area contributed by atoms with Crippen LogP contribution < -0.4 is 0 Å². The third-order valence-corrected chi connectivity index (χ3v) is 4.61. The molecule has 1 saturated carbocycles. The lowest BCUT2D eigenvalue weighted by Crippen LogP contribution is -2.33. The van der Waals surface area contributed by atoms with Gasteiger partial charge in [0.25, 0.3) is 0 Å². The van der Waals surface area contributed by atoms with Crippen LogP contribution in [0.1, 0.15) is 43.8 Å². The summed E-state index contributed by atoms with van der Waals surface area (Å²) < 4.78 is 5.05. The highest BCUT2D eigenvalue weighted by atomic mass is 16.5. The minimum Gasteiger partial charge on any atom is -0.340 e. The molecule has 1 saturated heterocycles. The summed E-state index contributed by atoms with van der Waals surface area (Å²) in [6.45, 7) is 8.70. The van der Waals surface area contributed by atoms with Crippen LogP contribution in [-0.2, 0) is 6.54 Å². The van der Waals surface area contributed by atoms with Crippen LogP contribution in [0.2, 0.25) is 0 Å². The second kappa shape index (κ2) is 6.68. The first-order valence-corrected chi connectivity index (χ1v) is 8.03. The van der Waals surface area contributed by atoms with E-state index < -0.39 is 0 Å². The summed E-state index contributed by atoms with van der Waals surface area (Å²) in [5.41, 5.74) is 0. The zero-order valence-electron chi connectivity index (χ0n) is 12.6. The first kappa shape index (κ1) is 14.0. The van der Waals surface area contributed by atoms with E-state index >= 15 is 0 Å². The fourth-order valence-corrected chi connectivity index (χ4v) is 3.53. The van der Waals surface area contributed by atoms with Crippen molar-refractivity contribution in [2.45, 2.75) is 45.6 Å². The molecule has 3 rings (SSSR count). The number of hydrogen-bond acceptors (Lipinski definition) is 5. The average molecular weight is 278 g/mol. The van der Waals surface area contributed by atoms with E-state index in [1.165, 1.54) is 51.7 Å². The largest absolute Gasteiger partial charge is 0.340 e. The van der Waals surface area contributed by atoms with Gasteiger partial charge in [-0.05, 0) is 38.3 Å². The van der Waals surface area contributed by atoms with Crippen molar-refractivity contribution in [1.29, 1.82) is 0 Å². The Morgan fingerprint density at radius 2 is 1.80 bits per heavy atom. The van der Waals surface area contributed by atoms with Gasteiger partial charge >= 0.3 is 0 Å². The van der Waals surface area contributed by atoms with Gasteiger partial charge in [0, 0.05) is 26.6 Å². The summed E-state index contributed by atoms with van der Waals surface area (Å²) >= 11 is 0. The fraction of sp³-hybridized carbons (Fsp3) is 0.867. The summed E-state index contributed by atoms with van der Waals surface area (Å²) in [7, 11) is 0. The molecule has 112 valence electrons. The van der Waals surface area contributed by atoms with Gasteiger partial charge < -0.3 is 9.42 Å². The highest BCUT2D eigenvalue weighted by Crippen LogP contribution is 2.25. The van der Waals surface area contributed by atoms with Gasteiger partial charge in [0.1, 0.15) is 0 Å². The highest BCUT2D eigenvalue weighted by molar-refractivity contribution is 4.85. The van der Waals surface area contributed by atoms with Gasteiger partial charge in [0.05, 0.1) is 6.54 Å². The van der Waals surface area contributed by atoms with Crippen molar-refractivity contribution < 1.29 is 4.52 Å². The van der Waals surface area contributed by atoms with Gasteiger partial charge in [0.2, 0.25) is 5.89 Å². The van der Waals surface area contributed by atoms with Crippen molar-refractivity contribution in [3.63, 3.8) is 0 Å². The van der Waals surface area contributed by atoms with E-state index in [9.17, 15) is 0 Å². The fourth-order valence-electron chi connectivity index (χ4n) is 3.53. The molecule has 0 N–H and O–H groups in total. The highest BCUT2D eigenvalue weighted by Gasteiger charge is 2.21. The number of rotatable bonds is 4. The molecular formula is C15H26N4O. The quantitative estimate of drug-likeness (QED) is 0.844. The van der Waals surface area contributed by atoms with Gasteiger partial charge in [-0.25, -0.2) is 0 Å². The van der Waals surface area contributed by atoms with Crippen molar-refractivity contribution in [3.05, 3.63) is 11.7 Å². The second-order valence-corrected chi connectivity index (χ2v) is 6.31. The SMILES string of the molecule is Cc1nc(CN2CCCN(CC3CCCC3)CC2)no1. The Balaban J connectivity index is 1.46. The Labute approximate surface area is 121 Å². The zero-order chi connectivity index (χ0) is 13.8. The van der Waals surface area contributed by atoms with Gasteiger partial charge in [-0.3, -0.25) is 4.90 Å². The smallest absolute Gasteiger partial charge is 0.223 e. The lowest BCUT2D eigenvalue weighted by atomic mass is 10.1. The van der Waals surface area contributed by atoms with E-state index in [1.54, 1.807) is 0 Å². The maximum Gasteiger partial charge on any atom is 0.223 e. The number of nitrogens with zero attached hydrogens (tertiary/aromatic N) is 4. The van der Waals surface area contributed by atoms with Crippen LogP contribution in [0.3, 0.4) is 0 Å². The van der Waals surface area contributed by atoms with E-state index in [-0.39, 0.29) is 0 Å². The van der Waals surface area contributed by atoms with Crippen LogP contribution in [0.15, 0.2) is 4.52 Å². The van der Waals surface area contributed by atoms with Crippen LogP contribution in [0.25, 0.3) is 0 Å². The molecule has 0 radical (unpaired) electrons. The molecule has 1 aromatic rings. The Hall–Kier alpha value is -0.940. The summed E-state index contributed by atoms with van der Waals surface area (Å²) in [6, 6.07) is 0. The van der Waals surface area contributed by atoms with Crippen molar-refractivity contribution >= 4 is 0 Å². The van der Waals surface area contributed by atoms with Gasteiger partial charge in [-0.1, -0.05) is 18.0 Å². The maximum atomic E-state index is 5.05. The lowest BCUT2D eigenvalue weighted by Gasteiger charge is -2.23. The van der Waals surface area contributed by atoms with E-state index in [2.05, 4.69) is 19.9 Å². The molecule has 2 aliphatic rings. The van der Waals surface area contributed by atoms with Crippen molar-refractivity contribution in [1.82, 2.24) is 19.9 Å². The molecule has 2 heterocycles. The number of aryl methyl sites for hydroxylation is 1. The second-order valence-electron chi connectivity index (χ2n) is 6.31. The van der Waals surface area contributed by atoms with Crippen LogP contribution in [0, 0.1) is 12.8 Å². The van der Waals surface area contributed by atoms with Crippen molar-refractivity contribution in [3.8, 4) is 0 Å². The molecular weight excluding hydrogens is 252 g/mol.